The molecule has 0 bridgehead atoms. The maximum atomic E-state index is 12.0. The Morgan fingerprint density at radius 1 is 1.56 bits per heavy atom. The van der Waals surface area contributed by atoms with Crippen molar-refractivity contribution in [2.45, 2.75) is 51.7 Å². The van der Waals surface area contributed by atoms with E-state index in [0.29, 0.717) is 12.8 Å². The predicted molar refractivity (Wildman–Crippen MR) is 61.4 cm³/mol. The van der Waals surface area contributed by atoms with E-state index in [1.807, 2.05) is 13.8 Å². The maximum Gasteiger partial charge on any atom is 0.245 e. The van der Waals surface area contributed by atoms with E-state index < -0.39 is 6.04 Å². The molecule has 0 aromatic rings. The van der Waals surface area contributed by atoms with Crippen molar-refractivity contribution in [3.63, 3.8) is 0 Å². The molecular formula is C12H18N2O2. The fourth-order valence-corrected chi connectivity index (χ4v) is 2.05. The van der Waals surface area contributed by atoms with E-state index >= 15 is 0 Å². The van der Waals surface area contributed by atoms with Crippen molar-refractivity contribution in [2.24, 2.45) is 0 Å². The summed E-state index contributed by atoms with van der Waals surface area (Å²) in [5, 5.41) is 2.68. The second-order valence-electron chi connectivity index (χ2n) is 4.16. The monoisotopic (exact) mass is 222 g/mol. The highest BCUT2D eigenvalue weighted by Gasteiger charge is 2.39. The fraction of sp³-hybridized carbons (Fsp3) is 0.667. The highest BCUT2D eigenvalue weighted by molar-refractivity contribution is 5.96. The van der Waals surface area contributed by atoms with Crippen LogP contribution < -0.4 is 5.32 Å². The molecule has 1 aliphatic heterocycles. The van der Waals surface area contributed by atoms with Gasteiger partial charge in [0.1, 0.15) is 12.1 Å². The first-order chi connectivity index (χ1) is 7.52. The number of terminal acetylenes is 1. The summed E-state index contributed by atoms with van der Waals surface area (Å²) in [5.74, 6) is 2.40. The van der Waals surface area contributed by atoms with Crippen LogP contribution in [-0.4, -0.2) is 34.8 Å². The molecule has 0 spiro atoms. The van der Waals surface area contributed by atoms with E-state index in [1.165, 1.54) is 0 Å². The van der Waals surface area contributed by atoms with Crippen LogP contribution in [0.4, 0.5) is 0 Å². The number of nitrogens with one attached hydrogen (secondary N) is 1. The molecule has 2 amide bonds. The van der Waals surface area contributed by atoms with Gasteiger partial charge >= 0.3 is 0 Å². The van der Waals surface area contributed by atoms with Gasteiger partial charge in [0.05, 0.1) is 0 Å². The standard InChI is InChI=1S/C12H18N2O2/c1-5-7-8(3)14-10(6-2)11(15)13-9(4)12(14)16/h1,8-10H,6-7H2,2-4H3,(H,13,15). The molecule has 3 unspecified atom stereocenters. The number of carbonyl (C=O) groups excluding carboxylic acids is 2. The summed E-state index contributed by atoms with van der Waals surface area (Å²) in [6.07, 6.45) is 6.33. The van der Waals surface area contributed by atoms with E-state index in [4.69, 9.17) is 6.42 Å². The SMILES string of the molecule is C#CCC(C)N1C(=O)C(C)NC(=O)C1CC. The minimum atomic E-state index is -0.449. The summed E-state index contributed by atoms with van der Waals surface area (Å²) in [6.45, 7) is 5.47. The lowest BCUT2D eigenvalue weighted by molar-refractivity contribution is -0.151. The van der Waals surface area contributed by atoms with E-state index in [-0.39, 0.29) is 23.9 Å². The Balaban J connectivity index is 2.94. The normalized spacial score (nSPS) is 27.2. The first-order valence-corrected chi connectivity index (χ1v) is 5.58. The van der Waals surface area contributed by atoms with Gasteiger partial charge in [-0.2, -0.15) is 0 Å². The Morgan fingerprint density at radius 3 is 2.69 bits per heavy atom. The van der Waals surface area contributed by atoms with Gasteiger partial charge in [0.2, 0.25) is 11.8 Å². The summed E-state index contributed by atoms with van der Waals surface area (Å²) in [5.41, 5.74) is 0. The number of piperazine rings is 1. The molecule has 1 saturated heterocycles. The first kappa shape index (κ1) is 12.6. The first-order valence-electron chi connectivity index (χ1n) is 5.58. The smallest absolute Gasteiger partial charge is 0.245 e. The molecule has 4 heteroatoms. The van der Waals surface area contributed by atoms with Gasteiger partial charge in [-0.3, -0.25) is 9.59 Å². The van der Waals surface area contributed by atoms with Crippen molar-refractivity contribution in [3.05, 3.63) is 0 Å². The minimum absolute atomic E-state index is 0.0470. The molecule has 0 aromatic heterocycles. The molecule has 1 fully saturated rings. The van der Waals surface area contributed by atoms with E-state index in [1.54, 1.807) is 11.8 Å². The van der Waals surface area contributed by atoms with Crippen molar-refractivity contribution in [1.82, 2.24) is 10.2 Å². The third-order valence-corrected chi connectivity index (χ3v) is 2.90. The second kappa shape index (κ2) is 5.02. The lowest BCUT2D eigenvalue weighted by Gasteiger charge is -2.40. The number of nitrogens with zero attached hydrogens (tertiary/aromatic N) is 1. The van der Waals surface area contributed by atoms with Gasteiger partial charge in [0.15, 0.2) is 0 Å². The van der Waals surface area contributed by atoms with E-state index in [9.17, 15) is 9.59 Å². The van der Waals surface area contributed by atoms with Crippen LogP contribution in [0.3, 0.4) is 0 Å². The van der Waals surface area contributed by atoms with Crippen LogP contribution in [-0.2, 0) is 9.59 Å². The predicted octanol–water partition coefficient (Wildman–Crippen LogP) is 0.524. The van der Waals surface area contributed by atoms with Crippen molar-refractivity contribution >= 4 is 11.8 Å². The lowest BCUT2D eigenvalue weighted by Crippen LogP contribution is -2.64. The Labute approximate surface area is 96.4 Å². The summed E-state index contributed by atoms with van der Waals surface area (Å²) >= 11 is 0. The van der Waals surface area contributed by atoms with Crippen LogP contribution in [0.2, 0.25) is 0 Å². The quantitative estimate of drug-likeness (QED) is 0.708. The van der Waals surface area contributed by atoms with Gasteiger partial charge in [-0.25, -0.2) is 0 Å². The molecule has 16 heavy (non-hydrogen) atoms. The molecule has 88 valence electrons. The third-order valence-electron chi connectivity index (χ3n) is 2.90. The van der Waals surface area contributed by atoms with Gasteiger partial charge in [0.25, 0.3) is 0 Å². The number of rotatable bonds is 3. The van der Waals surface area contributed by atoms with Crippen LogP contribution in [0.5, 0.6) is 0 Å². The third kappa shape index (κ3) is 2.19. The van der Waals surface area contributed by atoms with E-state index in [2.05, 4.69) is 11.2 Å². The van der Waals surface area contributed by atoms with Gasteiger partial charge in [-0.15, -0.1) is 12.3 Å². The molecular weight excluding hydrogens is 204 g/mol. The summed E-state index contributed by atoms with van der Waals surface area (Å²) in [7, 11) is 0. The zero-order chi connectivity index (χ0) is 12.3. The molecule has 1 aliphatic rings. The molecule has 1 rings (SSSR count). The number of carbonyl (C=O) groups is 2. The molecule has 0 saturated carbocycles. The Kier molecular flexibility index (Phi) is 3.94. The second-order valence-corrected chi connectivity index (χ2v) is 4.16. The van der Waals surface area contributed by atoms with Crippen LogP contribution in [0.1, 0.15) is 33.6 Å². The van der Waals surface area contributed by atoms with Crippen LogP contribution >= 0.6 is 0 Å². The van der Waals surface area contributed by atoms with Crippen molar-refractivity contribution < 1.29 is 9.59 Å². The van der Waals surface area contributed by atoms with Crippen LogP contribution in [0.25, 0.3) is 0 Å². The molecule has 4 nitrogen and oxygen atoms in total. The van der Waals surface area contributed by atoms with E-state index in [0.717, 1.165) is 0 Å². The Bertz CT molecular complexity index is 332. The van der Waals surface area contributed by atoms with Crippen molar-refractivity contribution in [2.75, 3.05) is 0 Å². The Morgan fingerprint density at radius 2 is 2.19 bits per heavy atom. The number of hydrogen-bond acceptors (Lipinski definition) is 2. The number of amides is 2. The zero-order valence-corrected chi connectivity index (χ0v) is 9.99. The minimum Gasteiger partial charge on any atom is -0.343 e. The largest absolute Gasteiger partial charge is 0.343 e. The topological polar surface area (TPSA) is 49.4 Å². The highest BCUT2D eigenvalue weighted by Crippen LogP contribution is 2.17. The van der Waals surface area contributed by atoms with Crippen LogP contribution in [0, 0.1) is 12.3 Å². The molecule has 1 N–H and O–H groups in total. The van der Waals surface area contributed by atoms with Gasteiger partial charge < -0.3 is 10.2 Å². The van der Waals surface area contributed by atoms with Gasteiger partial charge in [-0.1, -0.05) is 6.92 Å². The van der Waals surface area contributed by atoms with Gasteiger partial charge in [-0.05, 0) is 20.3 Å². The molecule has 0 aliphatic carbocycles. The molecule has 0 aromatic carbocycles. The summed E-state index contributed by atoms with van der Waals surface area (Å²) in [6, 6.07) is -0.918. The highest BCUT2D eigenvalue weighted by atomic mass is 16.2. The lowest BCUT2D eigenvalue weighted by atomic mass is 10.0. The molecule has 0 radical (unpaired) electrons. The maximum absolute atomic E-state index is 12.0. The van der Waals surface area contributed by atoms with Gasteiger partial charge in [0, 0.05) is 12.5 Å². The summed E-state index contributed by atoms with van der Waals surface area (Å²) < 4.78 is 0. The average molecular weight is 222 g/mol. The van der Waals surface area contributed by atoms with Crippen molar-refractivity contribution in [3.8, 4) is 12.3 Å². The van der Waals surface area contributed by atoms with Crippen LogP contribution in [0.15, 0.2) is 0 Å². The Hall–Kier alpha value is -1.50. The number of hydrogen-bond donors (Lipinski definition) is 1. The molecule has 1 heterocycles. The fourth-order valence-electron chi connectivity index (χ4n) is 2.05. The van der Waals surface area contributed by atoms with Crippen molar-refractivity contribution in [1.29, 1.82) is 0 Å². The molecule has 3 atom stereocenters. The zero-order valence-electron chi connectivity index (χ0n) is 9.99. The average Bonchev–Trinajstić information content (AvgIpc) is 2.23. The summed E-state index contributed by atoms with van der Waals surface area (Å²) in [4.78, 5) is 25.4.